The van der Waals surface area contributed by atoms with Crippen LogP contribution in [-0.2, 0) is 19.6 Å². The van der Waals surface area contributed by atoms with Crippen LogP contribution in [0.4, 0.5) is 5.69 Å². The molecule has 1 amide bonds. The number of carbonyl (C=O) groups is 1. The highest BCUT2D eigenvalue weighted by Gasteiger charge is 2.22. The van der Waals surface area contributed by atoms with Gasteiger partial charge in [-0.15, -0.1) is 0 Å². The van der Waals surface area contributed by atoms with Crippen molar-refractivity contribution in [1.82, 2.24) is 0 Å². The lowest BCUT2D eigenvalue weighted by Crippen LogP contribution is -2.39. The van der Waals surface area contributed by atoms with E-state index in [1.165, 1.54) is 5.56 Å². The average molecular weight is 300 g/mol. The molecule has 4 nitrogen and oxygen atoms in total. The number of amides is 1. The molecule has 0 radical (unpaired) electrons. The van der Waals surface area contributed by atoms with E-state index in [-0.39, 0.29) is 5.91 Å². The highest BCUT2D eigenvalue weighted by molar-refractivity contribution is 9.08. The Bertz CT molecular complexity index is 374. The summed E-state index contributed by atoms with van der Waals surface area (Å²) >= 11 is 3.37. The predicted molar refractivity (Wildman–Crippen MR) is 68.3 cm³/mol. The summed E-state index contributed by atoms with van der Waals surface area (Å²) in [5.74, 6) is -0.156. The van der Waals surface area contributed by atoms with E-state index < -0.39 is 6.10 Å². The van der Waals surface area contributed by atoms with Crippen LogP contribution in [0.5, 0.6) is 0 Å². The average Bonchev–Trinajstić information content (AvgIpc) is 2.40. The molecule has 92 valence electrons. The van der Waals surface area contributed by atoms with E-state index in [0.717, 1.165) is 11.0 Å². The standard InChI is InChI=1S/C12H14BrNO3/c13-7-9-1-3-10(4-2-9)14-12(15)11-8-16-5-6-17-11/h1-4,11H,5-8H2,(H,14,15). The lowest BCUT2D eigenvalue weighted by Gasteiger charge is -2.22. The summed E-state index contributed by atoms with van der Waals surface area (Å²) in [4.78, 5) is 11.8. The molecule has 1 aromatic rings. The fraction of sp³-hybridized carbons (Fsp3) is 0.417. The Morgan fingerprint density at radius 1 is 1.35 bits per heavy atom. The minimum atomic E-state index is -0.500. The first kappa shape index (κ1) is 12.5. The van der Waals surface area contributed by atoms with E-state index in [1.807, 2.05) is 24.3 Å². The Balaban J connectivity index is 1.92. The Labute approximate surface area is 108 Å². The van der Waals surface area contributed by atoms with Crippen molar-refractivity contribution in [2.45, 2.75) is 11.4 Å². The summed E-state index contributed by atoms with van der Waals surface area (Å²) in [7, 11) is 0. The molecule has 1 saturated heterocycles. The van der Waals surface area contributed by atoms with Crippen LogP contribution >= 0.6 is 15.9 Å². The largest absolute Gasteiger partial charge is 0.376 e. The highest BCUT2D eigenvalue weighted by Crippen LogP contribution is 2.13. The number of alkyl halides is 1. The van der Waals surface area contributed by atoms with Gasteiger partial charge in [0.15, 0.2) is 6.10 Å². The number of carbonyl (C=O) groups excluding carboxylic acids is 1. The van der Waals surface area contributed by atoms with Crippen LogP contribution in [0.25, 0.3) is 0 Å². The third-order valence-corrected chi connectivity index (χ3v) is 3.13. The third-order valence-electron chi connectivity index (χ3n) is 2.48. The highest BCUT2D eigenvalue weighted by atomic mass is 79.9. The van der Waals surface area contributed by atoms with E-state index in [1.54, 1.807) is 0 Å². The summed E-state index contributed by atoms with van der Waals surface area (Å²) < 4.78 is 10.5. The predicted octanol–water partition coefficient (Wildman–Crippen LogP) is 1.94. The van der Waals surface area contributed by atoms with Gasteiger partial charge in [0, 0.05) is 11.0 Å². The maximum atomic E-state index is 11.8. The van der Waals surface area contributed by atoms with Crippen LogP contribution in [0.1, 0.15) is 5.56 Å². The van der Waals surface area contributed by atoms with Gasteiger partial charge >= 0.3 is 0 Å². The summed E-state index contributed by atoms with van der Waals surface area (Å²) in [5.41, 5.74) is 1.94. The molecule has 0 aromatic heterocycles. The number of anilines is 1. The topological polar surface area (TPSA) is 47.6 Å². The second-order valence-electron chi connectivity index (χ2n) is 3.75. The van der Waals surface area contributed by atoms with Gasteiger partial charge in [-0.3, -0.25) is 4.79 Å². The molecule has 1 N–H and O–H groups in total. The Morgan fingerprint density at radius 2 is 2.12 bits per heavy atom. The summed E-state index contributed by atoms with van der Waals surface area (Å²) in [6.07, 6.45) is -0.500. The van der Waals surface area contributed by atoms with Crippen molar-refractivity contribution >= 4 is 27.5 Å². The maximum Gasteiger partial charge on any atom is 0.255 e. The van der Waals surface area contributed by atoms with Gasteiger partial charge in [0.25, 0.3) is 5.91 Å². The molecular weight excluding hydrogens is 286 g/mol. The summed E-state index contributed by atoms with van der Waals surface area (Å²) in [5, 5.41) is 3.61. The number of ether oxygens (including phenoxy) is 2. The first-order chi connectivity index (χ1) is 8.29. The van der Waals surface area contributed by atoms with Crippen LogP contribution in [0.15, 0.2) is 24.3 Å². The second kappa shape index (κ2) is 6.14. The lowest BCUT2D eigenvalue weighted by atomic mass is 10.2. The minimum Gasteiger partial charge on any atom is -0.376 e. The van der Waals surface area contributed by atoms with Crippen molar-refractivity contribution in [3.8, 4) is 0 Å². The molecule has 1 unspecified atom stereocenters. The number of hydrogen-bond donors (Lipinski definition) is 1. The molecule has 1 atom stereocenters. The summed E-state index contributed by atoms with van der Waals surface area (Å²) in [6, 6.07) is 7.67. The van der Waals surface area contributed by atoms with Crippen molar-refractivity contribution < 1.29 is 14.3 Å². The van der Waals surface area contributed by atoms with E-state index >= 15 is 0 Å². The number of halogens is 1. The second-order valence-corrected chi connectivity index (χ2v) is 4.31. The van der Waals surface area contributed by atoms with Gasteiger partial charge in [-0.2, -0.15) is 0 Å². The smallest absolute Gasteiger partial charge is 0.255 e. The van der Waals surface area contributed by atoms with Crippen LogP contribution < -0.4 is 5.32 Å². The van der Waals surface area contributed by atoms with Crippen LogP contribution in [0, 0.1) is 0 Å². The van der Waals surface area contributed by atoms with Gasteiger partial charge in [-0.1, -0.05) is 28.1 Å². The molecule has 1 aromatic carbocycles. The van der Waals surface area contributed by atoms with E-state index in [4.69, 9.17) is 9.47 Å². The fourth-order valence-corrected chi connectivity index (χ4v) is 1.91. The first-order valence-corrected chi connectivity index (χ1v) is 6.57. The molecule has 5 heteroatoms. The molecule has 0 saturated carbocycles. The zero-order valence-electron chi connectivity index (χ0n) is 9.32. The minimum absolute atomic E-state index is 0.156. The van der Waals surface area contributed by atoms with Gasteiger partial charge in [0.2, 0.25) is 0 Å². The summed E-state index contributed by atoms with van der Waals surface area (Å²) in [6.45, 7) is 1.36. The van der Waals surface area contributed by atoms with Gasteiger partial charge in [0.05, 0.1) is 19.8 Å². The van der Waals surface area contributed by atoms with Gasteiger partial charge in [-0.05, 0) is 17.7 Å². The van der Waals surface area contributed by atoms with Gasteiger partial charge < -0.3 is 14.8 Å². The molecule has 17 heavy (non-hydrogen) atoms. The number of nitrogens with one attached hydrogen (secondary N) is 1. The quantitative estimate of drug-likeness (QED) is 0.868. The molecular formula is C12H14BrNO3. The number of benzene rings is 1. The van der Waals surface area contributed by atoms with Crippen molar-refractivity contribution in [1.29, 1.82) is 0 Å². The van der Waals surface area contributed by atoms with Crippen LogP contribution in [0.2, 0.25) is 0 Å². The number of rotatable bonds is 3. The molecule has 1 aliphatic heterocycles. The zero-order chi connectivity index (χ0) is 12.1. The van der Waals surface area contributed by atoms with E-state index in [2.05, 4.69) is 21.2 Å². The maximum absolute atomic E-state index is 11.8. The van der Waals surface area contributed by atoms with Crippen molar-refractivity contribution in [3.05, 3.63) is 29.8 Å². The molecule has 0 bridgehead atoms. The van der Waals surface area contributed by atoms with Crippen molar-refractivity contribution in [3.63, 3.8) is 0 Å². The SMILES string of the molecule is O=C(Nc1ccc(CBr)cc1)C1COCCO1. The van der Waals surface area contributed by atoms with Crippen LogP contribution in [-0.4, -0.2) is 31.8 Å². The van der Waals surface area contributed by atoms with Gasteiger partial charge in [0.1, 0.15) is 0 Å². The molecule has 0 aliphatic carbocycles. The third kappa shape index (κ3) is 3.52. The van der Waals surface area contributed by atoms with Crippen molar-refractivity contribution in [2.75, 3.05) is 25.1 Å². The zero-order valence-corrected chi connectivity index (χ0v) is 10.9. The normalized spacial score (nSPS) is 19.9. The lowest BCUT2D eigenvalue weighted by molar-refractivity contribution is -0.142. The Morgan fingerprint density at radius 3 is 2.71 bits per heavy atom. The Hall–Kier alpha value is -0.910. The first-order valence-electron chi connectivity index (χ1n) is 5.44. The molecule has 0 spiro atoms. The van der Waals surface area contributed by atoms with Crippen molar-refractivity contribution in [2.24, 2.45) is 0 Å². The molecule has 1 aliphatic rings. The Kier molecular flexibility index (Phi) is 4.53. The molecule has 1 fully saturated rings. The monoisotopic (exact) mass is 299 g/mol. The van der Waals surface area contributed by atoms with Crippen LogP contribution in [0.3, 0.4) is 0 Å². The van der Waals surface area contributed by atoms with Gasteiger partial charge in [-0.25, -0.2) is 0 Å². The number of hydrogen-bond acceptors (Lipinski definition) is 3. The molecule has 2 rings (SSSR count). The molecule has 1 heterocycles. The van der Waals surface area contributed by atoms with E-state index in [0.29, 0.717) is 19.8 Å². The fourth-order valence-electron chi connectivity index (χ4n) is 1.54. The van der Waals surface area contributed by atoms with E-state index in [9.17, 15) is 4.79 Å².